The van der Waals surface area contributed by atoms with Crippen LogP contribution in [-0.2, 0) is 0 Å². The molecule has 4 nitrogen and oxygen atoms in total. The van der Waals surface area contributed by atoms with Gasteiger partial charge in [0.25, 0.3) is 5.91 Å². The molecule has 98 valence electrons. The van der Waals surface area contributed by atoms with E-state index < -0.39 is 0 Å². The zero-order chi connectivity index (χ0) is 13.0. The molecule has 1 aromatic rings. The van der Waals surface area contributed by atoms with Crippen molar-refractivity contribution in [2.45, 2.75) is 26.7 Å². The van der Waals surface area contributed by atoms with E-state index in [-0.39, 0.29) is 5.91 Å². The third kappa shape index (κ3) is 3.00. The molecule has 1 amide bonds. The van der Waals surface area contributed by atoms with Crippen LogP contribution < -0.4 is 5.32 Å². The Morgan fingerprint density at radius 2 is 2.44 bits per heavy atom. The van der Waals surface area contributed by atoms with E-state index in [1.54, 1.807) is 6.20 Å². The zero-order valence-electron chi connectivity index (χ0n) is 11.1. The summed E-state index contributed by atoms with van der Waals surface area (Å²) >= 11 is 0. The Morgan fingerprint density at radius 1 is 1.61 bits per heavy atom. The first kappa shape index (κ1) is 12.9. The van der Waals surface area contributed by atoms with Crippen molar-refractivity contribution in [2.24, 2.45) is 5.92 Å². The first-order valence-electron chi connectivity index (χ1n) is 6.70. The van der Waals surface area contributed by atoms with Crippen molar-refractivity contribution in [3.63, 3.8) is 0 Å². The molecule has 1 fully saturated rings. The van der Waals surface area contributed by atoms with Crippen molar-refractivity contribution >= 4 is 11.6 Å². The van der Waals surface area contributed by atoms with Gasteiger partial charge in [-0.3, -0.25) is 9.78 Å². The van der Waals surface area contributed by atoms with E-state index in [9.17, 15) is 4.79 Å². The highest BCUT2D eigenvalue weighted by Crippen LogP contribution is 2.18. The number of hydrogen-bond acceptors (Lipinski definition) is 3. The molecule has 0 saturated carbocycles. The fourth-order valence-corrected chi connectivity index (χ4v) is 2.40. The third-order valence-corrected chi connectivity index (χ3v) is 3.30. The lowest BCUT2D eigenvalue weighted by Gasteiger charge is -2.30. The second-order valence-corrected chi connectivity index (χ2v) is 4.96. The largest absolute Gasteiger partial charge is 0.385 e. The van der Waals surface area contributed by atoms with Gasteiger partial charge in [0.15, 0.2) is 0 Å². The van der Waals surface area contributed by atoms with Crippen LogP contribution in [0.2, 0.25) is 0 Å². The maximum absolute atomic E-state index is 12.3. The number of nitrogens with one attached hydrogen (secondary N) is 1. The lowest BCUT2D eigenvalue weighted by atomic mass is 10.00. The smallest absolute Gasteiger partial charge is 0.272 e. The average molecular weight is 247 g/mol. The molecule has 1 N–H and O–H groups in total. The molecule has 0 radical (unpaired) electrons. The van der Waals surface area contributed by atoms with Crippen LogP contribution in [0.4, 0.5) is 5.69 Å². The van der Waals surface area contributed by atoms with Crippen LogP contribution in [-0.4, -0.2) is 35.4 Å². The first-order valence-corrected chi connectivity index (χ1v) is 6.70. The summed E-state index contributed by atoms with van der Waals surface area (Å²) in [5.74, 6) is 0.654. The molecular formula is C14H21N3O. The molecule has 4 heteroatoms. The van der Waals surface area contributed by atoms with Gasteiger partial charge < -0.3 is 10.2 Å². The van der Waals surface area contributed by atoms with Crippen LogP contribution in [0, 0.1) is 5.92 Å². The summed E-state index contributed by atoms with van der Waals surface area (Å²) in [5, 5.41) is 3.20. The fourth-order valence-electron chi connectivity index (χ4n) is 2.40. The zero-order valence-corrected chi connectivity index (χ0v) is 11.1. The van der Waals surface area contributed by atoms with Crippen LogP contribution in [0.5, 0.6) is 0 Å². The number of pyridine rings is 1. The summed E-state index contributed by atoms with van der Waals surface area (Å²) in [6, 6.07) is 3.73. The van der Waals surface area contributed by atoms with Gasteiger partial charge in [-0.05, 0) is 37.8 Å². The van der Waals surface area contributed by atoms with Crippen LogP contribution in [0.3, 0.4) is 0 Å². The van der Waals surface area contributed by atoms with Gasteiger partial charge in [-0.1, -0.05) is 6.92 Å². The Labute approximate surface area is 108 Å². The molecule has 0 aromatic carbocycles. The van der Waals surface area contributed by atoms with E-state index in [1.807, 2.05) is 24.0 Å². The molecule has 18 heavy (non-hydrogen) atoms. The minimum atomic E-state index is 0.0568. The highest BCUT2D eigenvalue weighted by atomic mass is 16.2. The fraction of sp³-hybridized carbons (Fsp3) is 0.571. The van der Waals surface area contributed by atoms with Crippen molar-refractivity contribution in [1.29, 1.82) is 0 Å². The van der Waals surface area contributed by atoms with Crippen LogP contribution in [0.15, 0.2) is 18.3 Å². The standard InChI is InChI=1S/C14H21N3O/c1-3-15-12-6-7-16-13(9-12)14(18)17-8-4-5-11(2)10-17/h6-7,9,11H,3-5,8,10H2,1-2H3,(H,15,16). The molecule has 1 aliphatic heterocycles. The Hall–Kier alpha value is -1.58. The van der Waals surface area contributed by atoms with Crippen molar-refractivity contribution in [3.05, 3.63) is 24.0 Å². The van der Waals surface area contributed by atoms with Crippen molar-refractivity contribution in [3.8, 4) is 0 Å². The summed E-state index contributed by atoms with van der Waals surface area (Å²) in [6.45, 7) is 6.79. The molecule has 1 saturated heterocycles. The average Bonchev–Trinajstić information content (AvgIpc) is 2.39. The number of piperidine rings is 1. The SMILES string of the molecule is CCNc1ccnc(C(=O)N2CCCC(C)C2)c1. The lowest BCUT2D eigenvalue weighted by molar-refractivity contribution is 0.0677. The second kappa shape index (κ2) is 5.85. The number of aromatic nitrogens is 1. The van der Waals surface area contributed by atoms with E-state index in [0.29, 0.717) is 11.6 Å². The highest BCUT2D eigenvalue weighted by molar-refractivity contribution is 5.93. The monoisotopic (exact) mass is 247 g/mol. The van der Waals surface area contributed by atoms with Gasteiger partial charge in [0, 0.05) is 31.5 Å². The lowest BCUT2D eigenvalue weighted by Crippen LogP contribution is -2.39. The van der Waals surface area contributed by atoms with Crippen molar-refractivity contribution in [2.75, 3.05) is 25.0 Å². The summed E-state index contributed by atoms with van der Waals surface area (Å²) < 4.78 is 0. The predicted octanol–water partition coefficient (Wildman–Crippen LogP) is 2.39. The summed E-state index contributed by atoms with van der Waals surface area (Å²) in [5.41, 5.74) is 1.50. The van der Waals surface area contributed by atoms with Gasteiger partial charge in [-0.25, -0.2) is 0 Å². The van der Waals surface area contributed by atoms with E-state index in [2.05, 4.69) is 17.2 Å². The highest BCUT2D eigenvalue weighted by Gasteiger charge is 2.22. The minimum absolute atomic E-state index is 0.0568. The number of amides is 1. The van der Waals surface area contributed by atoms with E-state index in [1.165, 1.54) is 6.42 Å². The number of likely N-dealkylation sites (tertiary alicyclic amines) is 1. The Morgan fingerprint density at radius 3 is 3.17 bits per heavy atom. The number of hydrogen-bond donors (Lipinski definition) is 1. The van der Waals surface area contributed by atoms with Crippen LogP contribution >= 0.6 is 0 Å². The van der Waals surface area contributed by atoms with E-state index in [0.717, 1.165) is 31.7 Å². The number of carbonyl (C=O) groups is 1. The maximum atomic E-state index is 12.3. The normalized spacial score (nSPS) is 19.7. The molecule has 0 bridgehead atoms. The summed E-state index contributed by atoms with van der Waals surface area (Å²) in [4.78, 5) is 18.5. The predicted molar refractivity (Wildman–Crippen MR) is 72.7 cm³/mol. The summed E-state index contributed by atoms with van der Waals surface area (Å²) in [7, 11) is 0. The number of nitrogens with zero attached hydrogens (tertiary/aromatic N) is 2. The second-order valence-electron chi connectivity index (χ2n) is 4.96. The van der Waals surface area contributed by atoms with Crippen LogP contribution in [0.1, 0.15) is 37.2 Å². The first-order chi connectivity index (χ1) is 8.70. The molecule has 0 aliphatic carbocycles. The third-order valence-electron chi connectivity index (χ3n) is 3.30. The Balaban J connectivity index is 2.10. The van der Waals surface area contributed by atoms with Gasteiger partial charge in [-0.2, -0.15) is 0 Å². The Bertz CT molecular complexity index is 419. The van der Waals surface area contributed by atoms with Crippen molar-refractivity contribution < 1.29 is 4.79 Å². The van der Waals surface area contributed by atoms with Gasteiger partial charge in [0.2, 0.25) is 0 Å². The quantitative estimate of drug-likeness (QED) is 0.892. The maximum Gasteiger partial charge on any atom is 0.272 e. The van der Waals surface area contributed by atoms with Crippen molar-refractivity contribution in [1.82, 2.24) is 9.88 Å². The van der Waals surface area contributed by atoms with Gasteiger partial charge in [0.05, 0.1) is 0 Å². The molecule has 1 unspecified atom stereocenters. The molecule has 2 heterocycles. The Kier molecular flexibility index (Phi) is 4.18. The molecule has 1 aliphatic rings. The summed E-state index contributed by atoms with van der Waals surface area (Å²) in [6.07, 6.45) is 4.01. The van der Waals surface area contributed by atoms with E-state index >= 15 is 0 Å². The van der Waals surface area contributed by atoms with Gasteiger partial charge >= 0.3 is 0 Å². The molecule has 1 aromatic heterocycles. The topological polar surface area (TPSA) is 45.2 Å². The number of rotatable bonds is 3. The van der Waals surface area contributed by atoms with E-state index in [4.69, 9.17) is 0 Å². The molecule has 1 atom stereocenters. The molecule has 2 rings (SSSR count). The minimum Gasteiger partial charge on any atom is -0.385 e. The number of carbonyl (C=O) groups excluding carboxylic acids is 1. The van der Waals surface area contributed by atoms with Gasteiger partial charge in [-0.15, -0.1) is 0 Å². The molecule has 0 spiro atoms. The molecular weight excluding hydrogens is 226 g/mol. The van der Waals surface area contributed by atoms with Gasteiger partial charge in [0.1, 0.15) is 5.69 Å². The number of anilines is 1. The van der Waals surface area contributed by atoms with Crippen LogP contribution in [0.25, 0.3) is 0 Å².